The first-order chi connectivity index (χ1) is 14.5. The Hall–Kier alpha value is -3.36. The molecule has 4 rings (SSSR count). The molecule has 3 aromatic rings. The lowest BCUT2D eigenvalue weighted by atomic mass is 10.1. The number of nitrogens with zero attached hydrogens (tertiary/aromatic N) is 5. The Balaban J connectivity index is 1.38. The van der Waals surface area contributed by atoms with E-state index >= 15 is 0 Å². The Kier molecular flexibility index (Phi) is 5.43. The Bertz CT molecular complexity index is 1180. The topological polar surface area (TPSA) is 91.4 Å². The van der Waals surface area contributed by atoms with E-state index in [-0.39, 0.29) is 23.6 Å². The quantitative estimate of drug-likeness (QED) is 0.597. The number of aryl methyl sites for hydroxylation is 1. The smallest absolute Gasteiger partial charge is 0.332 e. The molecular weight excluding hydrogens is 386 g/mol. The summed E-state index contributed by atoms with van der Waals surface area (Å²) in [4.78, 5) is 43.4. The molecule has 0 spiro atoms. The SMILES string of the molecule is Cn1c(=O)c2c(ncn2CC(=O)N2CCC(CCOc3ccccc3)C2)n(C)c1=O. The molecule has 3 heterocycles. The van der Waals surface area contributed by atoms with Crippen LogP contribution in [0.15, 0.2) is 46.2 Å². The van der Waals surface area contributed by atoms with Gasteiger partial charge in [-0.1, -0.05) is 18.2 Å². The van der Waals surface area contributed by atoms with Gasteiger partial charge in [0.05, 0.1) is 12.9 Å². The first-order valence-corrected chi connectivity index (χ1v) is 10.0. The second-order valence-electron chi connectivity index (χ2n) is 7.70. The highest BCUT2D eigenvalue weighted by Crippen LogP contribution is 2.21. The van der Waals surface area contributed by atoms with E-state index in [0.717, 1.165) is 23.2 Å². The summed E-state index contributed by atoms with van der Waals surface area (Å²) in [6.45, 7) is 2.02. The number of fused-ring (bicyclic) bond motifs is 1. The highest BCUT2D eigenvalue weighted by molar-refractivity contribution is 5.79. The number of carbonyl (C=O) groups is 1. The molecule has 0 bridgehead atoms. The molecule has 1 atom stereocenters. The van der Waals surface area contributed by atoms with Gasteiger partial charge in [0.15, 0.2) is 11.2 Å². The van der Waals surface area contributed by atoms with E-state index in [1.807, 2.05) is 35.2 Å². The molecule has 30 heavy (non-hydrogen) atoms. The number of ether oxygens (including phenoxy) is 1. The van der Waals surface area contributed by atoms with Gasteiger partial charge in [0.1, 0.15) is 12.3 Å². The van der Waals surface area contributed by atoms with Gasteiger partial charge in [-0.2, -0.15) is 0 Å². The second-order valence-corrected chi connectivity index (χ2v) is 7.70. The fraction of sp³-hybridized carbons (Fsp3) is 0.429. The minimum atomic E-state index is -0.448. The van der Waals surface area contributed by atoms with Crippen molar-refractivity contribution in [2.45, 2.75) is 19.4 Å². The second kappa shape index (κ2) is 8.17. The third kappa shape index (κ3) is 3.74. The summed E-state index contributed by atoms with van der Waals surface area (Å²) < 4.78 is 9.64. The van der Waals surface area contributed by atoms with Crippen LogP contribution in [0.25, 0.3) is 11.2 Å². The minimum Gasteiger partial charge on any atom is -0.494 e. The van der Waals surface area contributed by atoms with Crippen molar-refractivity contribution in [3.8, 4) is 5.75 Å². The maximum absolute atomic E-state index is 12.8. The standard InChI is InChI=1S/C21H25N5O4/c1-23-19-18(20(28)24(2)21(23)29)26(14-22-19)13-17(27)25-10-8-15(12-25)9-11-30-16-6-4-3-5-7-16/h3-7,14-15H,8-13H2,1-2H3. The van der Waals surface area contributed by atoms with E-state index in [4.69, 9.17) is 4.74 Å². The lowest BCUT2D eigenvalue weighted by molar-refractivity contribution is -0.130. The van der Waals surface area contributed by atoms with Crippen LogP contribution in [0.4, 0.5) is 0 Å². The average molecular weight is 411 g/mol. The number of benzene rings is 1. The molecule has 9 nitrogen and oxygen atoms in total. The van der Waals surface area contributed by atoms with Crippen LogP contribution in [0.3, 0.4) is 0 Å². The van der Waals surface area contributed by atoms with E-state index in [9.17, 15) is 14.4 Å². The maximum atomic E-state index is 12.8. The molecule has 158 valence electrons. The average Bonchev–Trinajstić information content (AvgIpc) is 3.39. The fourth-order valence-corrected chi connectivity index (χ4v) is 3.92. The van der Waals surface area contributed by atoms with Gasteiger partial charge in [0.2, 0.25) is 5.91 Å². The molecule has 0 radical (unpaired) electrons. The summed E-state index contributed by atoms with van der Waals surface area (Å²) in [5.74, 6) is 1.19. The van der Waals surface area contributed by atoms with Crippen molar-refractivity contribution in [3.63, 3.8) is 0 Å². The molecule has 9 heteroatoms. The molecule has 0 aliphatic carbocycles. The van der Waals surface area contributed by atoms with E-state index in [1.165, 1.54) is 22.5 Å². The lowest BCUT2D eigenvalue weighted by Gasteiger charge is -2.17. The normalized spacial score (nSPS) is 16.3. The molecule has 1 amide bonds. The van der Waals surface area contributed by atoms with Gasteiger partial charge in [0, 0.05) is 27.2 Å². The molecule has 1 fully saturated rings. The Labute approximate surface area is 173 Å². The van der Waals surface area contributed by atoms with Gasteiger partial charge >= 0.3 is 5.69 Å². The first-order valence-electron chi connectivity index (χ1n) is 10.0. The highest BCUT2D eigenvalue weighted by Gasteiger charge is 2.27. The van der Waals surface area contributed by atoms with Crippen LogP contribution in [-0.2, 0) is 25.4 Å². The van der Waals surface area contributed by atoms with Gasteiger partial charge in [-0.15, -0.1) is 0 Å². The molecule has 0 N–H and O–H groups in total. The Morgan fingerprint density at radius 3 is 2.70 bits per heavy atom. The van der Waals surface area contributed by atoms with Crippen LogP contribution >= 0.6 is 0 Å². The summed E-state index contributed by atoms with van der Waals surface area (Å²) in [5.41, 5.74) is -0.340. The number of likely N-dealkylation sites (tertiary alicyclic amines) is 1. The zero-order valence-corrected chi connectivity index (χ0v) is 17.2. The fourth-order valence-electron chi connectivity index (χ4n) is 3.92. The van der Waals surface area contributed by atoms with E-state index in [1.54, 1.807) is 7.05 Å². The predicted molar refractivity (Wildman–Crippen MR) is 111 cm³/mol. The number of carbonyl (C=O) groups excluding carboxylic acids is 1. The maximum Gasteiger partial charge on any atom is 0.332 e. The van der Waals surface area contributed by atoms with Crippen molar-refractivity contribution in [2.75, 3.05) is 19.7 Å². The minimum absolute atomic E-state index is 0.0250. The van der Waals surface area contributed by atoms with Crippen molar-refractivity contribution in [2.24, 2.45) is 20.0 Å². The Morgan fingerprint density at radius 1 is 1.17 bits per heavy atom. The van der Waals surface area contributed by atoms with Gasteiger partial charge < -0.3 is 14.2 Å². The summed E-state index contributed by atoms with van der Waals surface area (Å²) in [6.07, 6.45) is 3.27. The van der Waals surface area contributed by atoms with Crippen molar-refractivity contribution >= 4 is 17.1 Å². The molecule has 0 saturated carbocycles. The first kappa shape index (κ1) is 19.9. The van der Waals surface area contributed by atoms with Crippen molar-refractivity contribution in [3.05, 3.63) is 57.5 Å². The van der Waals surface area contributed by atoms with Gasteiger partial charge in [0.25, 0.3) is 5.56 Å². The number of amides is 1. The van der Waals surface area contributed by atoms with E-state index in [2.05, 4.69) is 4.98 Å². The zero-order chi connectivity index (χ0) is 21.3. The molecular formula is C21H25N5O4. The summed E-state index contributed by atoms with van der Waals surface area (Å²) in [7, 11) is 2.98. The number of hydrogen-bond acceptors (Lipinski definition) is 5. The van der Waals surface area contributed by atoms with Crippen LogP contribution in [0.5, 0.6) is 5.75 Å². The monoisotopic (exact) mass is 411 g/mol. The molecule has 1 saturated heterocycles. The van der Waals surface area contributed by atoms with Crippen molar-refractivity contribution in [1.82, 2.24) is 23.6 Å². The van der Waals surface area contributed by atoms with Crippen LogP contribution < -0.4 is 16.0 Å². The molecule has 1 aromatic carbocycles. The van der Waals surface area contributed by atoms with Gasteiger partial charge in [-0.05, 0) is 30.9 Å². The Morgan fingerprint density at radius 2 is 1.93 bits per heavy atom. The number of imidazole rings is 1. The zero-order valence-electron chi connectivity index (χ0n) is 17.2. The number of rotatable bonds is 6. The lowest BCUT2D eigenvalue weighted by Crippen LogP contribution is -2.38. The third-order valence-corrected chi connectivity index (χ3v) is 5.70. The summed E-state index contributed by atoms with van der Waals surface area (Å²) in [6, 6.07) is 9.69. The molecule has 2 aromatic heterocycles. The molecule has 1 unspecified atom stereocenters. The van der Waals surface area contributed by atoms with Crippen LogP contribution in [0.1, 0.15) is 12.8 Å². The number of aromatic nitrogens is 4. The van der Waals surface area contributed by atoms with Gasteiger partial charge in [-0.3, -0.25) is 18.7 Å². The third-order valence-electron chi connectivity index (χ3n) is 5.70. The van der Waals surface area contributed by atoms with E-state index < -0.39 is 11.2 Å². The molecule has 1 aliphatic heterocycles. The summed E-state index contributed by atoms with van der Waals surface area (Å²) >= 11 is 0. The van der Waals surface area contributed by atoms with Crippen molar-refractivity contribution < 1.29 is 9.53 Å². The van der Waals surface area contributed by atoms with Crippen LogP contribution in [0, 0.1) is 5.92 Å². The largest absolute Gasteiger partial charge is 0.494 e. The molecule has 1 aliphatic rings. The number of para-hydroxylation sites is 1. The van der Waals surface area contributed by atoms with Crippen LogP contribution in [0.2, 0.25) is 0 Å². The van der Waals surface area contributed by atoms with Crippen LogP contribution in [-0.4, -0.2) is 49.2 Å². The van der Waals surface area contributed by atoms with E-state index in [0.29, 0.717) is 25.6 Å². The van der Waals surface area contributed by atoms with Gasteiger partial charge in [-0.25, -0.2) is 9.78 Å². The van der Waals surface area contributed by atoms with Crippen molar-refractivity contribution in [1.29, 1.82) is 0 Å². The summed E-state index contributed by atoms with van der Waals surface area (Å²) in [5, 5.41) is 0. The highest BCUT2D eigenvalue weighted by atomic mass is 16.5. The number of hydrogen-bond donors (Lipinski definition) is 0. The predicted octanol–water partition coefficient (Wildman–Crippen LogP) is 0.751.